The summed E-state index contributed by atoms with van der Waals surface area (Å²) in [7, 11) is -13.5. The maximum absolute atomic E-state index is 12.0. The van der Waals surface area contributed by atoms with E-state index >= 15 is 0 Å². The van der Waals surface area contributed by atoms with Gasteiger partial charge in [-0.3, -0.25) is 9.11 Å². The van der Waals surface area contributed by atoms with Gasteiger partial charge in [-0.25, -0.2) is 8.42 Å². The number of fused-ring (bicyclic) bond motifs is 1. The summed E-state index contributed by atoms with van der Waals surface area (Å²) >= 11 is 0. The first-order valence-electron chi connectivity index (χ1n) is 8.19. The normalized spacial score (nSPS) is 12.7. The topological polar surface area (TPSA) is 189 Å². The number of nitrogens with two attached hydrogens (primary N) is 1. The molecule has 3 rings (SSSR count). The van der Waals surface area contributed by atoms with Crippen LogP contribution >= 0.6 is 0 Å². The molecule has 5 N–H and O–H groups in total. The summed E-state index contributed by atoms with van der Waals surface area (Å²) in [5.41, 5.74) is 6.16. The number of hydrogen-bond donors (Lipinski definition) is 4. The monoisotopic (exact) mass is 485 g/mol. The highest BCUT2D eigenvalue weighted by molar-refractivity contribution is 7.94. The fraction of sp³-hybridized carbons (Fsp3) is 0. The Morgan fingerprint density at radius 3 is 1.90 bits per heavy atom. The van der Waals surface area contributed by atoms with Gasteiger partial charge in [0, 0.05) is 27.8 Å². The molecule has 0 spiro atoms. The van der Waals surface area contributed by atoms with E-state index in [2.05, 4.69) is 6.58 Å². The van der Waals surface area contributed by atoms with Gasteiger partial charge in [0.15, 0.2) is 9.84 Å². The van der Waals surface area contributed by atoms with Crippen molar-refractivity contribution in [3.05, 3.63) is 54.5 Å². The molecule has 0 atom stereocenters. The Hall–Kier alpha value is -2.97. The summed E-state index contributed by atoms with van der Waals surface area (Å²) in [5, 5.41) is 10.3. The molecule has 164 valence electrons. The summed E-state index contributed by atoms with van der Waals surface area (Å²) in [6.45, 7) is 3.22. The van der Waals surface area contributed by atoms with Gasteiger partial charge in [-0.2, -0.15) is 16.8 Å². The molecule has 0 amide bonds. The minimum Gasteiger partial charge on any atom is -0.507 e. The number of sulfone groups is 1. The van der Waals surface area contributed by atoms with Crippen molar-refractivity contribution in [3.8, 4) is 16.9 Å². The summed E-state index contributed by atoms with van der Waals surface area (Å²) in [6.07, 6.45) is 0. The number of nitrogen functional groups attached to an aromatic ring is 1. The van der Waals surface area contributed by atoms with Gasteiger partial charge in [0.25, 0.3) is 20.2 Å². The van der Waals surface area contributed by atoms with Crippen molar-refractivity contribution in [2.24, 2.45) is 0 Å². The van der Waals surface area contributed by atoms with Crippen LogP contribution in [-0.4, -0.2) is 39.5 Å². The Balaban J connectivity index is 2.41. The van der Waals surface area contributed by atoms with Crippen molar-refractivity contribution in [2.45, 2.75) is 14.7 Å². The summed E-state index contributed by atoms with van der Waals surface area (Å²) in [6, 6.07) is 7.46. The minimum atomic E-state index is -4.94. The van der Waals surface area contributed by atoms with Crippen LogP contribution in [0.15, 0.2) is 69.1 Å². The molecule has 0 aromatic heterocycles. The molecule has 10 nitrogen and oxygen atoms in total. The number of phenolic OH excluding ortho intramolecular Hbond substituents is 1. The van der Waals surface area contributed by atoms with E-state index in [0.717, 1.165) is 17.5 Å². The lowest BCUT2D eigenvalue weighted by atomic mass is 9.98. The van der Waals surface area contributed by atoms with Crippen LogP contribution in [-0.2, 0) is 30.1 Å². The number of hydrogen-bond acceptors (Lipinski definition) is 8. The van der Waals surface area contributed by atoms with Crippen molar-refractivity contribution in [3.63, 3.8) is 0 Å². The van der Waals surface area contributed by atoms with Crippen LogP contribution in [0, 0.1) is 0 Å². The number of rotatable bonds is 5. The number of phenols is 1. The average Bonchev–Trinajstić information content (AvgIpc) is 2.66. The Kier molecular flexibility index (Phi) is 5.36. The molecule has 0 aliphatic rings. The van der Waals surface area contributed by atoms with E-state index in [4.69, 9.17) is 5.73 Å². The van der Waals surface area contributed by atoms with Crippen molar-refractivity contribution >= 4 is 46.5 Å². The molecule has 0 saturated heterocycles. The lowest BCUT2D eigenvalue weighted by Gasteiger charge is -2.15. The van der Waals surface area contributed by atoms with Crippen LogP contribution in [0.25, 0.3) is 21.9 Å². The Bertz CT molecular complexity index is 1560. The number of benzene rings is 3. The summed E-state index contributed by atoms with van der Waals surface area (Å²) < 4.78 is 89.5. The highest BCUT2D eigenvalue weighted by atomic mass is 32.2. The summed E-state index contributed by atoms with van der Waals surface area (Å²) in [5.74, 6) is -0.764. The van der Waals surface area contributed by atoms with Crippen molar-refractivity contribution in [1.82, 2.24) is 0 Å². The molecule has 0 aliphatic carbocycles. The molecule has 0 saturated carbocycles. The fourth-order valence-electron chi connectivity index (χ4n) is 3.02. The molecule has 0 fully saturated rings. The van der Waals surface area contributed by atoms with Crippen LogP contribution in [0.1, 0.15) is 0 Å². The van der Waals surface area contributed by atoms with Crippen molar-refractivity contribution in [2.75, 3.05) is 5.73 Å². The third-order valence-corrected chi connectivity index (χ3v) is 7.57. The zero-order valence-corrected chi connectivity index (χ0v) is 17.9. The zero-order chi connectivity index (χ0) is 23.4. The van der Waals surface area contributed by atoms with Gasteiger partial charge in [0.1, 0.15) is 10.6 Å². The van der Waals surface area contributed by atoms with Crippen molar-refractivity contribution in [1.29, 1.82) is 0 Å². The van der Waals surface area contributed by atoms with Crippen LogP contribution < -0.4 is 5.73 Å². The second-order valence-electron chi connectivity index (χ2n) is 6.39. The lowest BCUT2D eigenvalue weighted by molar-refractivity contribution is 0.470. The SMILES string of the molecule is C=CS(=O)(=O)c1ccc(-c2cc(S(=O)(=O)O)c3cc(S(=O)(=O)O)cc(O)c3c2N)cc1. The van der Waals surface area contributed by atoms with E-state index in [1.165, 1.54) is 24.3 Å². The second-order valence-corrected chi connectivity index (χ2v) is 11.1. The van der Waals surface area contributed by atoms with Crippen LogP contribution in [0.3, 0.4) is 0 Å². The Morgan fingerprint density at radius 1 is 0.839 bits per heavy atom. The van der Waals surface area contributed by atoms with E-state index in [1.807, 2.05) is 0 Å². The highest BCUT2D eigenvalue weighted by Gasteiger charge is 2.24. The highest BCUT2D eigenvalue weighted by Crippen LogP contribution is 2.42. The molecular weight excluding hydrogens is 470 g/mol. The lowest BCUT2D eigenvalue weighted by Crippen LogP contribution is -2.05. The second kappa shape index (κ2) is 7.32. The first-order valence-corrected chi connectivity index (χ1v) is 12.6. The van der Waals surface area contributed by atoms with Gasteiger partial charge in [-0.05, 0) is 29.8 Å². The number of anilines is 1. The fourth-order valence-corrected chi connectivity index (χ4v) is 4.96. The van der Waals surface area contributed by atoms with Crippen LogP contribution in [0.4, 0.5) is 5.69 Å². The third-order valence-electron chi connectivity index (χ3n) is 4.48. The van der Waals surface area contributed by atoms with E-state index in [1.54, 1.807) is 0 Å². The molecule has 3 aromatic rings. The molecule has 13 heteroatoms. The average molecular weight is 486 g/mol. The first-order chi connectivity index (χ1) is 14.2. The molecule has 31 heavy (non-hydrogen) atoms. The van der Waals surface area contributed by atoms with Gasteiger partial charge in [-0.1, -0.05) is 18.7 Å². The molecular formula is C18H15NO9S3. The molecule has 3 aromatic carbocycles. The van der Waals surface area contributed by atoms with Gasteiger partial charge >= 0.3 is 0 Å². The van der Waals surface area contributed by atoms with Gasteiger partial charge < -0.3 is 10.8 Å². The number of aromatic hydroxyl groups is 1. The minimum absolute atomic E-state index is 0.0116. The van der Waals surface area contributed by atoms with Gasteiger partial charge in [0.2, 0.25) is 0 Å². The quantitative estimate of drug-likeness (QED) is 0.308. The standard InChI is InChI=1S/C18H15NO9S3/c1-2-29(21,22)11-5-3-10(4-6-11)13-9-16(31(26,27)28)14-7-12(30(23,24)25)8-15(20)17(14)18(13)19/h2-9,20H,1,19H2,(H,23,24,25)(H,26,27,28). The predicted molar refractivity (Wildman–Crippen MR) is 112 cm³/mol. The Labute approximate surface area is 177 Å². The van der Waals surface area contributed by atoms with Crippen molar-refractivity contribution < 1.29 is 39.5 Å². The van der Waals surface area contributed by atoms with E-state index in [-0.39, 0.29) is 27.1 Å². The van der Waals surface area contributed by atoms with Gasteiger partial charge in [0.05, 0.1) is 15.5 Å². The first kappa shape index (κ1) is 22.7. The van der Waals surface area contributed by atoms with E-state index < -0.39 is 51.0 Å². The van der Waals surface area contributed by atoms with E-state index in [0.29, 0.717) is 6.07 Å². The molecule has 0 aliphatic heterocycles. The van der Waals surface area contributed by atoms with E-state index in [9.17, 15) is 39.5 Å². The van der Waals surface area contributed by atoms with Crippen LogP contribution in [0.5, 0.6) is 5.75 Å². The maximum atomic E-state index is 12.0. The molecule has 0 bridgehead atoms. The summed E-state index contributed by atoms with van der Waals surface area (Å²) in [4.78, 5) is -1.68. The largest absolute Gasteiger partial charge is 0.507 e. The zero-order valence-electron chi connectivity index (χ0n) is 15.4. The van der Waals surface area contributed by atoms with Crippen LogP contribution in [0.2, 0.25) is 0 Å². The molecule has 0 radical (unpaired) electrons. The molecule has 0 heterocycles. The molecule has 0 unspecified atom stereocenters. The maximum Gasteiger partial charge on any atom is 0.295 e. The van der Waals surface area contributed by atoms with Gasteiger partial charge in [-0.15, -0.1) is 0 Å². The Morgan fingerprint density at radius 2 is 1.42 bits per heavy atom. The smallest absolute Gasteiger partial charge is 0.295 e. The third kappa shape index (κ3) is 4.13. The predicted octanol–water partition coefficient (Wildman–Crippen LogP) is 2.21.